The molecule has 0 aliphatic carbocycles. The summed E-state index contributed by atoms with van der Waals surface area (Å²) in [6.07, 6.45) is 1.25. The van der Waals surface area contributed by atoms with Crippen LogP contribution >= 0.6 is 0 Å². The van der Waals surface area contributed by atoms with E-state index in [1.54, 1.807) is 31.4 Å². The van der Waals surface area contributed by atoms with Crippen molar-refractivity contribution < 1.29 is 19.4 Å². The van der Waals surface area contributed by atoms with E-state index in [9.17, 15) is 4.79 Å². The number of hydrogen-bond acceptors (Lipinski definition) is 4. The predicted molar refractivity (Wildman–Crippen MR) is 63.6 cm³/mol. The molecule has 1 heterocycles. The van der Waals surface area contributed by atoms with Crippen molar-refractivity contribution in [2.24, 2.45) is 0 Å². The third kappa shape index (κ3) is 2.00. The lowest BCUT2D eigenvalue weighted by atomic mass is 10.3. The molecule has 18 heavy (non-hydrogen) atoms. The third-order valence-corrected chi connectivity index (χ3v) is 2.45. The van der Waals surface area contributed by atoms with Gasteiger partial charge in [0.15, 0.2) is 0 Å². The van der Waals surface area contributed by atoms with Crippen molar-refractivity contribution in [1.29, 1.82) is 0 Å². The van der Waals surface area contributed by atoms with E-state index in [1.807, 2.05) is 0 Å². The predicted octanol–water partition coefficient (Wildman–Crippen LogP) is 1.59. The largest absolute Gasteiger partial charge is 0.497 e. The quantitative estimate of drug-likeness (QED) is 0.889. The van der Waals surface area contributed by atoms with Gasteiger partial charge in [0.05, 0.1) is 26.1 Å². The van der Waals surface area contributed by atoms with Gasteiger partial charge in [-0.3, -0.25) is 0 Å². The van der Waals surface area contributed by atoms with Crippen LogP contribution in [0.2, 0.25) is 0 Å². The van der Waals surface area contributed by atoms with Gasteiger partial charge in [-0.25, -0.2) is 9.48 Å². The van der Waals surface area contributed by atoms with E-state index < -0.39 is 5.97 Å². The molecule has 0 aliphatic rings. The lowest BCUT2D eigenvalue weighted by Gasteiger charge is -2.08. The Labute approximate surface area is 103 Å². The van der Waals surface area contributed by atoms with Gasteiger partial charge >= 0.3 is 5.97 Å². The molecule has 1 N–H and O–H groups in total. The molecule has 1 aromatic carbocycles. The standard InChI is InChI=1S/C12H12N2O4/c1-17-9-5-3-4-8(6-9)14-11(18-2)10(7-13-14)12(15)16/h3-7H,1-2H3,(H,15,16). The highest BCUT2D eigenvalue weighted by Gasteiger charge is 2.18. The van der Waals surface area contributed by atoms with E-state index in [1.165, 1.54) is 18.0 Å². The maximum Gasteiger partial charge on any atom is 0.342 e. The molecule has 94 valence electrons. The van der Waals surface area contributed by atoms with Gasteiger partial charge in [-0.05, 0) is 12.1 Å². The molecule has 0 aliphatic heterocycles. The van der Waals surface area contributed by atoms with E-state index >= 15 is 0 Å². The Balaban J connectivity index is 2.53. The van der Waals surface area contributed by atoms with Crippen LogP contribution in [-0.4, -0.2) is 35.1 Å². The number of carboxylic acids is 1. The van der Waals surface area contributed by atoms with Crippen molar-refractivity contribution in [3.63, 3.8) is 0 Å². The fraction of sp³-hybridized carbons (Fsp3) is 0.167. The smallest absolute Gasteiger partial charge is 0.342 e. The second-order valence-corrected chi connectivity index (χ2v) is 3.49. The number of benzene rings is 1. The first-order valence-electron chi connectivity index (χ1n) is 5.17. The highest BCUT2D eigenvalue weighted by atomic mass is 16.5. The van der Waals surface area contributed by atoms with Gasteiger partial charge in [0, 0.05) is 6.07 Å². The fourth-order valence-corrected chi connectivity index (χ4v) is 1.61. The SMILES string of the molecule is COc1cccc(-n2ncc(C(=O)O)c2OC)c1. The molecule has 2 rings (SSSR count). The van der Waals surface area contributed by atoms with Crippen LogP contribution < -0.4 is 9.47 Å². The number of aromatic nitrogens is 2. The highest BCUT2D eigenvalue weighted by Crippen LogP contribution is 2.24. The van der Waals surface area contributed by atoms with Crippen LogP contribution in [0.4, 0.5) is 0 Å². The zero-order chi connectivity index (χ0) is 13.1. The van der Waals surface area contributed by atoms with Crippen molar-refractivity contribution in [2.75, 3.05) is 14.2 Å². The van der Waals surface area contributed by atoms with E-state index in [4.69, 9.17) is 14.6 Å². The molecule has 0 saturated heterocycles. The lowest BCUT2D eigenvalue weighted by molar-refractivity contribution is 0.0693. The van der Waals surface area contributed by atoms with Crippen LogP contribution in [-0.2, 0) is 0 Å². The number of nitrogens with zero attached hydrogens (tertiary/aromatic N) is 2. The van der Waals surface area contributed by atoms with Crippen molar-refractivity contribution in [3.8, 4) is 17.3 Å². The Kier molecular flexibility index (Phi) is 3.18. The van der Waals surface area contributed by atoms with Gasteiger partial charge in [0.2, 0.25) is 5.88 Å². The van der Waals surface area contributed by atoms with Gasteiger partial charge in [-0.15, -0.1) is 0 Å². The molecule has 0 saturated carbocycles. The minimum atomic E-state index is -1.08. The van der Waals surface area contributed by atoms with E-state index in [-0.39, 0.29) is 11.4 Å². The van der Waals surface area contributed by atoms with Crippen molar-refractivity contribution in [2.45, 2.75) is 0 Å². The molecule has 0 amide bonds. The van der Waals surface area contributed by atoms with Crippen molar-refractivity contribution >= 4 is 5.97 Å². The highest BCUT2D eigenvalue weighted by molar-refractivity contribution is 5.90. The summed E-state index contributed by atoms with van der Waals surface area (Å²) >= 11 is 0. The van der Waals surface area contributed by atoms with Crippen LogP contribution in [0.1, 0.15) is 10.4 Å². The number of ether oxygens (including phenoxy) is 2. The van der Waals surface area contributed by atoms with Gasteiger partial charge in [0.25, 0.3) is 0 Å². The van der Waals surface area contributed by atoms with Crippen LogP contribution in [0.5, 0.6) is 11.6 Å². The Bertz CT molecular complexity index is 577. The molecule has 0 radical (unpaired) electrons. The molecule has 0 unspecified atom stereocenters. The van der Waals surface area contributed by atoms with Gasteiger partial charge in [-0.2, -0.15) is 5.10 Å². The third-order valence-electron chi connectivity index (χ3n) is 2.45. The fourth-order valence-electron chi connectivity index (χ4n) is 1.61. The summed E-state index contributed by atoms with van der Waals surface area (Å²) in [6.45, 7) is 0. The zero-order valence-corrected chi connectivity index (χ0v) is 9.95. The molecule has 6 nitrogen and oxygen atoms in total. The van der Waals surface area contributed by atoms with Crippen LogP contribution in [0.25, 0.3) is 5.69 Å². The molecule has 0 fully saturated rings. The zero-order valence-electron chi connectivity index (χ0n) is 9.95. The Morgan fingerprint density at radius 2 is 2.11 bits per heavy atom. The molecular formula is C12H12N2O4. The summed E-state index contributed by atoms with van der Waals surface area (Å²) in [5, 5.41) is 13.0. The van der Waals surface area contributed by atoms with Crippen LogP contribution in [0.15, 0.2) is 30.5 Å². The second kappa shape index (κ2) is 4.79. The van der Waals surface area contributed by atoms with E-state index in [0.717, 1.165) is 0 Å². The monoisotopic (exact) mass is 248 g/mol. The molecular weight excluding hydrogens is 236 g/mol. The maximum atomic E-state index is 11.0. The molecule has 0 spiro atoms. The first-order valence-corrected chi connectivity index (χ1v) is 5.17. The van der Waals surface area contributed by atoms with E-state index in [2.05, 4.69) is 5.10 Å². The molecule has 2 aromatic rings. The normalized spacial score (nSPS) is 10.1. The lowest BCUT2D eigenvalue weighted by Crippen LogP contribution is -2.03. The maximum absolute atomic E-state index is 11.0. The number of hydrogen-bond donors (Lipinski definition) is 1. The van der Waals surface area contributed by atoms with Crippen LogP contribution in [0, 0.1) is 0 Å². The first kappa shape index (κ1) is 12.0. The molecule has 6 heteroatoms. The summed E-state index contributed by atoms with van der Waals surface area (Å²) < 4.78 is 11.6. The minimum absolute atomic E-state index is 0.0142. The minimum Gasteiger partial charge on any atom is -0.497 e. The summed E-state index contributed by atoms with van der Waals surface area (Å²) in [5.41, 5.74) is 0.680. The summed E-state index contributed by atoms with van der Waals surface area (Å²) in [4.78, 5) is 11.0. The summed E-state index contributed by atoms with van der Waals surface area (Å²) in [6, 6.07) is 7.10. The molecule has 0 atom stereocenters. The topological polar surface area (TPSA) is 73.6 Å². The van der Waals surface area contributed by atoms with Crippen LogP contribution in [0.3, 0.4) is 0 Å². The number of carbonyl (C=O) groups is 1. The number of rotatable bonds is 4. The van der Waals surface area contributed by atoms with E-state index in [0.29, 0.717) is 11.4 Å². The molecule has 1 aromatic heterocycles. The average molecular weight is 248 g/mol. The number of methoxy groups -OCH3 is 2. The summed E-state index contributed by atoms with van der Waals surface area (Å²) in [5.74, 6) is -0.251. The van der Waals surface area contributed by atoms with Gasteiger partial charge in [-0.1, -0.05) is 6.07 Å². The second-order valence-electron chi connectivity index (χ2n) is 3.49. The average Bonchev–Trinajstić information content (AvgIpc) is 2.82. The number of aromatic carboxylic acids is 1. The number of carboxylic acid groups (broad SMARTS) is 1. The van der Waals surface area contributed by atoms with Crippen molar-refractivity contribution in [1.82, 2.24) is 9.78 Å². The Morgan fingerprint density at radius 3 is 2.72 bits per heavy atom. The van der Waals surface area contributed by atoms with Gasteiger partial charge in [0.1, 0.15) is 11.3 Å². The van der Waals surface area contributed by atoms with Crippen molar-refractivity contribution in [3.05, 3.63) is 36.0 Å². The summed E-state index contributed by atoms with van der Waals surface area (Å²) in [7, 11) is 2.96. The first-order chi connectivity index (χ1) is 8.67. The molecule has 0 bridgehead atoms. The Hall–Kier alpha value is -2.50. The Morgan fingerprint density at radius 1 is 1.33 bits per heavy atom. The van der Waals surface area contributed by atoms with Gasteiger partial charge < -0.3 is 14.6 Å².